The van der Waals surface area contributed by atoms with E-state index >= 15 is 0 Å². The second kappa shape index (κ2) is 5.57. The molecule has 0 aliphatic heterocycles. The normalized spacial score (nSPS) is 26.9. The van der Waals surface area contributed by atoms with Gasteiger partial charge in [-0.05, 0) is 54.4 Å². The van der Waals surface area contributed by atoms with E-state index < -0.39 is 0 Å². The maximum Gasteiger partial charge on any atom is 0.0597 e. The third-order valence-electron chi connectivity index (χ3n) is 4.88. The van der Waals surface area contributed by atoms with Gasteiger partial charge in [-0.2, -0.15) is 0 Å². The molecule has 106 valence electrons. The van der Waals surface area contributed by atoms with Gasteiger partial charge in [0.1, 0.15) is 0 Å². The van der Waals surface area contributed by atoms with E-state index in [2.05, 4.69) is 50.2 Å². The summed E-state index contributed by atoms with van der Waals surface area (Å²) >= 11 is 0. The zero-order chi connectivity index (χ0) is 14.1. The number of hydrogen-bond donors (Lipinski definition) is 0. The van der Waals surface area contributed by atoms with E-state index in [0.717, 1.165) is 0 Å². The molecule has 3 unspecified atom stereocenters. The number of hydrogen-bond acceptors (Lipinski definition) is 1. The molecule has 0 amide bonds. The molecule has 0 heterocycles. The Morgan fingerprint density at radius 2 is 1.75 bits per heavy atom. The van der Waals surface area contributed by atoms with Crippen LogP contribution in [0.25, 0.3) is 10.8 Å². The molecule has 3 rings (SSSR count). The first kappa shape index (κ1) is 13.6. The summed E-state index contributed by atoms with van der Waals surface area (Å²) in [5.41, 5.74) is 2.84. The predicted molar refractivity (Wildman–Crippen MR) is 85.2 cm³/mol. The van der Waals surface area contributed by atoms with Crippen LogP contribution in [0.5, 0.6) is 0 Å². The summed E-state index contributed by atoms with van der Waals surface area (Å²) in [5, 5.41) is 2.72. The standard InChI is InChI=1S/C19H24O/c1-13-4-5-17-12-18(7-6-15(17)10-13)16-8-9-19(20-3)14(2)11-16/h4-7,10,12,14,16,19H,8-9,11H2,1-3H3. The Balaban J connectivity index is 1.86. The van der Waals surface area contributed by atoms with Gasteiger partial charge in [0.05, 0.1) is 6.10 Å². The first-order chi connectivity index (χ1) is 9.67. The van der Waals surface area contributed by atoms with E-state index in [1.165, 1.54) is 41.2 Å². The van der Waals surface area contributed by atoms with Crippen LogP contribution in [-0.2, 0) is 4.74 Å². The maximum absolute atomic E-state index is 5.57. The largest absolute Gasteiger partial charge is 0.381 e. The fraction of sp³-hybridized carbons (Fsp3) is 0.474. The van der Waals surface area contributed by atoms with Gasteiger partial charge in [-0.15, -0.1) is 0 Å². The fourth-order valence-electron chi connectivity index (χ4n) is 3.66. The smallest absolute Gasteiger partial charge is 0.0597 e. The molecular formula is C19H24O. The Morgan fingerprint density at radius 3 is 2.50 bits per heavy atom. The van der Waals surface area contributed by atoms with Gasteiger partial charge in [0, 0.05) is 7.11 Å². The molecule has 0 aromatic heterocycles. The molecule has 2 aromatic carbocycles. The van der Waals surface area contributed by atoms with Crippen molar-refractivity contribution in [3.63, 3.8) is 0 Å². The van der Waals surface area contributed by atoms with Crippen molar-refractivity contribution in [2.45, 2.75) is 45.1 Å². The minimum atomic E-state index is 0.453. The van der Waals surface area contributed by atoms with Gasteiger partial charge in [0.25, 0.3) is 0 Å². The molecular weight excluding hydrogens is 244 g/mol. The molecule has 20 heavy (non-hydrogen) atoms. The fourth-order valence-corrected chi connectivity index (χ4v) is 3.66. The van der Waals surface area contributed by atoms with Crippen LogP contribution in [0.1, 0.15) is 43.2 Å². The zero-order valence-corrected chi connectivity index (χ0v) is 12.7. The Kier molecular flexibility index (Phi) is 3.80. The molecule has 0 bridgehead atoms. The van der Waals surface area contributed by atoms with Crippen LogP contribution in [0.4, 0.5) is 0 Å². The number of rotatable bonds is 2. The number of fused-ring (bicyclic) bond motifs is 1. The average molecular weight is 268 g/mol. The highest BCUT2D eigenvalue weighted by molar-refractivity contribution is 5.83. The summed E-state index contributed by atoms with van der Waals surface area (Å²) in [6.45, 7) is 4.48. The van der Waals surface area contributed by atoms with E-state index in [4.69, 9.17) is 4.74 Å². The van der Waals surface area contributed by atoms with E-state index in [0.29, 0.717) is 17.9 Å². The molecule has 1 nitrogen and oxygen atoms in total. The molecule has 0 N–H and O–H groups in total. The summed E-state index contributed by atoms with van der Waals surface area (Å²) in [4.78, 5) is 0. The van der Waals surface area contributed by atoms with Crippen LogP contribution in [0.2, 0.25) is 0 Å². The number of ether oxygens (including phenoxy) is 1. The van der Waals surface area contributed by atoms with E-state index in [9.17, 15) is 0 Å². The first-order valence-corrected chi connectivity index (χ1v) is 7.70. The quantitative estimate of drug-likeness (QED) is 0.739. The van der Waals surface area contributed by atoms with Gasteiger partial charge in [0.15, 0.2) is 0 Å². The van der Waals surface area contributed by atoms with Gasteiger partial charge in [-0.25, -0.2) is 0 Å². The molecule has 0 spiro atoms. The molecule has 1 aliphatic rings. The third kappa shape index (κ3) is 2.60. The highest BCUT2D eigenvalue weighted by atomic mass is 16.5. The van der Waals surface area contributed by atoms with Crippen LogP contribution in [-0.4, -0.2) is 13.2 Å². The summed E-state index contributed by atoms with van der Waals surface area (Å²) in [5.74, 6) is 1.36. The second-order valence-electron chi connectivity index (χ2n) is 6.37. The molecule has 0 radical (unpaired) electrons. The van der Waals surface area contributed by atoms with Gasteiger partial charge >= 0.3 is 0 Å². The van der Waals surface area contributed by atoms with Gasteiger partial charge in [0.2, 0.25) is 0 Å². The van der Waals surface area contributed by atoms with Crippen LogP contribution in [0.15, 0.2) is 36.4 Å². The summed E-state index contributed by atoms with van der Waals surface area (Å²) in [6, 6.07) is 13.7. The Morgan fingerprint density at radius 1 is 1.00 bits per heavy atom. The van der Waals surface area contributed by atoms with E-state index in [1.807, 2.05) is 7.11 Å². The number of aryl methyl sites for hydroxylation is 1. The van der Waals surface area contributed by atoms with Crippen molar-refractivity contribution in [3.05, 3.63) is 47.5 Å². The molecule has 3 atom stereocenters. The highest BCUT2D eigenvalue weighted by Crippen LogP contribution is 2.38. The van der Waals surface area contributed by atoms with Gasteiger partial charge in [-0.3, -0.25) is 0 Å². The Hall–Kier alpha value is -1.34. The lowest BCUT2D eigenvalue weighted by Crippen LogP contribution is -2.27. The zero-order valence-electron chi connectivity index (χ0n) is 12.7. The summed E-state index contributed by atoms with van der Waals surface area (Å²) < 4.78 is 5.57. The average Bonchev–Trinajstić information content (AvgIpc) is 2.46. The van der Waals surface area contributed by atoms with Crippen molar-refractivity contribution in [2.75, 3.05) is 7.11 Å². The van der Waals surface area contributed by atoms with Crippen LogP contribution < -0.4 is 0 Å². The van der Waals surface area contributed by atoms with Crippen molar-refractivity contribution in [1.82, 2.24) is 0 Å². The number of methoxy groups -OCH3 is 1. The van der Waals surface area contributed by atoms with Crippen LogP contribution in [0, 0.1) is 12.8 Å². The second-order valence-corrected chi connectivity index (χ2v) is 6.37. The Labute approximate surface area is 122 Å². The lowest BCUT2D eigenvalue weighted by atomic mass is 9.77. The van der Waals surface area contributed by atoms with Crippen molar-refractivity contribution in [3.8, 4) is 0 Å². The number of benzene rings is 2. The Bertz CT molecular complexity index is 602. The van der Waals surface area contributed by atoms with Gasteiger partial charge < -0.3 is 4.74 Å². The first-order valence-electron chi connectivity index (χ1n) is 7.70. The third-order valence-corrected chi connectivity index (χ3v) is 4.88. The SMILES string of the molecule is COC1CCC(c2ccc3cc(C)ccc3c2)CC1C. The van der Waals surface area contributed by atoms with E-state index in [1.54, 1.807) is 0 Å². The van der Waals surface area contributed by atoms with Crippen LogP contribution in [0.3, 0.4) is 0 Å². The van der Waals surface area contributed by atoms with Crippen molar-refractivity contribution < 1.29 is 4.74 Å². The predicted octanol–water partition coefficient (Wildman–Crippen LogP) is 5.07. The lowest BCUT2D eigenvalue weighted by molar-refractivity contribution is 0.0252. The summed E-state index contributed by atoms with van der Waals surface area (Å²) in [7, 11) is 1.85. The summed E-state index contributed by atoms with van der Waals surface area (Å²) in [6.07, 6.45) is 4.14. The molecule has 1 aliphatic carbocycles. The van der Waals surface area contributed by atoms with Crippen molar-refractivity contribution in [2.24, 2.45) is 5.92 Å². The van der Waals surface area contributed by atoms with Crippen LogP contribution >= 0.6 is 0 Å². The van der Waals surface area contributed by atoms with Crippen molar-refractivity contribution >= 4 is 10.8 Å². The van der Waals surface area contributed by atoms with E-state index in [-0.39, 0.29) is 0 Å². The molecule has 1 fully saturated rings. The minimum absolute atomic E-state index is 0.453. The monoisotopic (exact) mass is 268 g/mol. The molecule has 0 saturated heterocycles. The van der Waals surface area contributed by atoms with Crippen molar-refractivity contribution in [1.29, 1.82) is 0 Å². The highest BCUT2D eigenvalue weighted by Gasteiger charge is 2.28. The topological polar surface area (TPSA) is 9.23 Å². The lowest BCUT2D eigenvalue weighted by Gasteiger charge is -2.33. The molecule has 1 saturated carbocycles. The molecule has 2 aromatic rings. The molecule has 1 heteroatoms. The van der Waals surface area contributed by atoms with Gasteiger partial charge in [-0.1, -0.05) is 48.9 Å². The minimum Gasteiger partial charge on any atom is -0.381 e. The maximum atomic E-state index is 5.57.